The van der Waals surface area contributed by atoms with Gasteiger partial charge in [0.05, 0.1) is 5.69 Å². The molecule has 21 heavy (non-hydrogen) atoms. The number of amides is 2. The van der Waals surface area contributed by atoms with Gasteiger partial charge in [-0.3, -0.25) is 9.53 Å². The first-order valence-corrected chi connectivity index (χ1v) is 8.94. The van der Waals surface area contributed by atoms with Gasteiger partial charge in [0.1, 0.15) is 5.00 Å². The van der Waals surface area contributed by atoms with Gasteiger partial charge in [0.25, 0.3) is 0 Å². The smallest absolute Gasteiger partial charge is 0.320 e. The van der Waals surface area contributed by atoms with Crippen LogP contribution in [0.3, 0.4) is 0 Å². The van der Waals surface area contributed by atoms with Crippen molar-refractivity contribution in [2.24, 2.45) is 0 Å². The number of hydrogen-bond acceptors (Lipinski definition) is 4. The fourth-order valence-electron chi connectivity index (χ4n) is 1.84. The van der Waals surface area contributed by atoms with Gasteiger partial charge in [0.15, 0.2) is 0 Å². The molecule has 0 bridgehead atoms. The molecule has 1 aromatic heterocycles. The van der Waals surface area contributed by atoms with Crippen LogP contribution in [0, 0.1) is 0 Å². The Morgan fingerprint density at radius 2 is 2.10 bits per heavy atom. The van der Waals surface area contributed by atoms with E-state index in [0.29, 0.717) is 10.8 Å². The predicted octanol–water partition coefficient (Wildman–Crippen LogP) is 2.70. The Hall–Kier alpha value is -1.73. The average molecular weight is 323 g/mol. The van der Waals surface area contributed by atoms with Crippen molar-refractivity contribution >= 4 is 33.4 Å². The summed E-state index contributed by atoms with van der Waals surface area (Å²) in [6.45, 7) is 1.82. The van der Waals surface area contributed by atoms with Crippen molar-refractivity contribution in [3.05, 3.63) is 36.4 Å². The summed E-state index contributed by atoms with van der Waals surface area (Å²) in [5.74, 6) is 0.436. The van der Waals surface area contributed by atoms with E-state index in [1.54, 1.807) is 6.26 Å². The van der Waals surface area contributed by atoms with E-state index in [0.717, 1.165) is 11.3 Å². The third kappa shape index (κ3) is 4.95. The molecule has 7 heteroatoms. The average Bonchev–Trinajstić information content (AvgIpc) is 2.86. The second-order valence-corrected chi connectivity index (χ2v) is 6.97. The number of anilines is 1. The van der Waals surface area contributed by atoms with E-state index in [4.69, 9.17) is 0 Å². The van der Waals surface area contributed by atoms with Gasteiger partial charge in [-0.15, -0.1) is 0 Å². The summed E-state index contributed by atoms with van der Waals surface area (Å²) in [6, 6.07) is 11.2. The summed E-state index contributed by atoms with van der Waals surface area (Å²) in [6.07, 6.45) is 1.62. The second-order valence-electron chi connectivity index (χ2n) is 4.68. The van der Waals surface area contributed by atoms with Crippen molar-refractivity contribution in [2.45, 2.75) is 13.0 Å². The molecule has 0 radical (unpaired) electrons. The highest BCUT2D eigenvalue weighted by Gasteiger charge is 2.11. The first-order valence-electron chi connectivity index (χ1n) is 6.44. The SMILES string of the molecule is CC(CS(C)=O)NC(=O)Nc1cc(-c2ccccc2)ns1. The van der Waals surface area contributed by atoms with Gasteiger partial charge >= 0.3 is 6.03 Å². The van der Waals surface area contributed by atoms with Gasteiger partial charge in [-0.25, -0.2) is 4.79 Å². The van der Waals surface area contributed by atoms with E-state index in [9.17, 15) is 9.00 Å². The molecule has 1 heterocycles. The van der Waals surface area contributed by atoms with Crippen LogP contribution in [0.1, 0.15) is 6.92 Å². The molecule has 2 amide bonds. The lowest BCUT2D eigenvalue weighted by atomic mass is 10.2. The number of urea groups is 1. The number of hydrogen-bond donors (Lipinski definition) is 2. The Bertz CT molecular complexity index is 628. The van der Waals surface area contributed by atoms with Gasteiger partial charge in [0, 0.05) is 40.5 Å². The normalized spacial score (nSPS) is 13.4. The predicted molar refractivity (Wildman–Crippen MR) is 88.1 cm³/mol. The van der Waals surface area contributed by atoms with E-state index >= 15 is 0 Å². The quantitative estimate of drug-likeness (QED) is 0.889. The number of aromatic nitrogens is 1. The Labute approximate surface area is 130 Å². The Morgan fingerprint density at radius 3 is 2.76 bits per heavy atom. The van der Waals surface area contributed by atoms with E-state index in [1.807, 2.05) is 43.3 Å². The van der Waals surface area contributed by atoms with E-state index < -0.39 is 10.8 Å². The molecular formula is C14H17N3O2S2. The van der Waals surface area contributed by atoms with Crippen LogP contribution in [0.25, 0.3) is 11.3 Å². The number of nitrogens with one attached hydrogen (secondary N) is 2. The number of carbonyl (C=O) groups excluding carboxylic acids is 1. The Kier molecular flexibility index (Phi) is 5.46. The minimum absolute atomic E-state index is 0.141. The van der Waals surface area contributed by atoms with Crippen molar-refractivity contribution in [3.8, 4) is 11.3 Å². The van der Waals surface area contributed by atoms with Gasteiger partial charge in [-0.05, 0) is 18.5 Å². The van der Waals surface area contributed by atoms with E-state index in [1.165, 1.54) is 11.5 Å². The highest BCUT2D eigenvalue weighted by atomic mass is 32.2. The second kappa shape index (κ2) is 7.33. The van der Waals surface area contributed by atoms with Crippen LogP contribution in [0.15, 0.2) is 36.4 Å². The van der Waals surface area contributed by atoms with Gasteiger partial charge < -0.3 is 5.32 Å². The minimum Gasteiger partial charge on any atom is -0.334 e. The first-order chi connectivity index (χ1) is 10.0. The summed E-state index contributed by atoms with van der Waals surface area (Å²) < 4.78 is 15.4. The van der Waals surface area contributed by atoms with E-state index in [2.05, 4.69) is 15.0 Å². The standard InChI is InChI=1S/C14H17N3O2S2/c1-10(9-21(2)19)15-14(18)16-13-8-12(17-20-13)11-6-4-3-5-7-11/h3-8,10H,9H2,1-2H3,(H2,15,16,18). The minimum atomic E-state index is -0.932. The summed E-state index contributed by atoms with van der Waals surface area (Å²) in [7, 11) is -0.932. The third-order valence-corrected chi connectivity index (χ3v) is 4.35. The Morgan fingerprint density at radius 1 is 1.38 bits per heavy atom. The number of benzene rings is 1. The molecule has 2 atom stereocenters. The lowest BCUT2D eigenvalue weighted by Gasteiger charge is -2.12. The van der Waals surface area contributed by atoms with Crippen LogP contribution in [-0.2, 0) is 10.8 Å². The fourth-order valence-corrected chi connectivity index (χ4v) is 3.29. The van der Waals surface area contributed by atoms with Crippen molar-refractivity contribution < 1.29 is 9.00 Å². The molecular weight excluding hydrogens is 306 g/mol. The molecule has 112 valence electrons. The maximum Gasteiger partial charge on any atom is 0.320 e. The monoisotopic (exact) mass is 323 g/mol. The molecule has 0 aliphatic rings. The largest absolute Gasteiger partial charge is 0.334 e. The van der Waals surface area contributed by atoms with Crippen LogP contribution in [-0.4, -0.2) is 32.7 Å². The van der Waals surface area contributed by atoms with Crippen LogP contribution >= 0.6 is 11.5 Å². The zero-order chi connectivity index (χ0) is 15.2. The molecule has 2 rings (SSSR count). The molecule has 1 aromatic carbocycles. The molecule has 0 aliphatic carbocycles. The molecule has 2 N–H and O–H groups in total. The molecule has 0 saturated heterocycles. The van der Waals surface area contributed by atoms with Crippen molar-refractivity contribution in [3.63, 3.8) is 0 Å². The lowest BCUT2D eigenvalue weighted by molar-refractivity contribution is 0.250. The zero-order valence-corrected chi connectivity index (χ0v) is 13.5. The summed E-state index contributed by atoms with van der Waals surface area (Å²) in [5, 5.41) is 6.16. The summed E-state index contributed by atoms with van der Waals surface area (Å²) >= 11 is 1.23. The third-order valence-electron chi connectivity index (χ3n) is 2.68. The molecule has 0 saturated carbocycles. The maximum absolute atomic E-state index is 11.8. The highest BCUT2D eigenvalue weighted by Crippen LogP contribution is 2.24. The fraction of sp³-hybridized carbons (Fsp3) is 0.286. The molecule has 0 fully saturated rings. The van der Waals surface area contributed by atoms with Crippen molar-refractivity contribution in [1.29, 1.82) is 0 Å². The van der Waals surface area contributed by atoms with Crippen LogP contribution < -0.4 is 10.6 Å². The highest BCUT2D eigenvalue weighted by molar-refractivity contribution is 7.84. The number of carbonyl (C=O) groups is 1. The molecule has 2 aromatic rings. The van der Waals surface area contributed by atoms with Gasteiger partial charge in [-0.2, -0.15) is 4.37 Å². The summed E-state index contributed by atoms with van der Waals surface area (Å²) in [5.41, 5.74) is 1.84. The van der Waals surface area contributed by atoms with Crippen LogP contribution in [0.2, 0.25) is 0 Å². The summed E-state index contributed by atoms with van der Waals surface area (Å²) in [4.78, 5) is 11.8. The number of rotatable bonds is 5. The van der Waals surface area contributed by atoms with Crippen LogP contribution in [0.4, 0.5) is 9.80 Å². The topological polar surface area (TPSA) is 71.1 Å². The van der Waals surface area contributed by atoms with Crippen molar-refractivity contribution in [1.82, 2.24) is 9.69 Å². The van der Waals surface area contributed by atoms with Crippen LogP contribution in [0.5, 0.6) is 0 Å². The zero-order valence-electron chi connectivity index (χ0n) is 11.8. The number of nitrogens with zero attached hydrogens (tertiary/aromatic N) is 1. The molecule has 0 spiro atoms. The van der Waals surface area contributed by atoms with E-state index in [-0.39, 0.29) is 12.1 Å². The Balaban J connectivity index is 1.93. The lowest BCUT2D eigenvalue weighted by Crippen LogP contribution is -2.38. The van der Waals surface area contributed by atoms with Crippen molar-refractivity contribution in [2.75, 3.05) is 17.3 Å². The van der Waals surface area contributed by atoms with Gasteiger partial charge in [-0.1, -0.05) is 30.3 Å². The molecule has 5 nitrogen and oxygen atoms in total. The first kappa shape index (κ1) is 15.7. The molecule has 0 aliphatic heterocycles. The molecule has 2 unspecified atom stereocenters. The maximum atomic E-state index is 11.8. The van der Waals surface area contributed by atoms with Gasteiger partial charge in [0.2, 0.25) is 0 Å².